The molecular formula is C13H18N4O3S. The molecule has 0 amide bonds. The molecule has 8 heteroatoms. The minimum Gasteiger partial charge on any atom is -0.328 e. The summed E-state index contributed by atoms with van der Waals surface area (Å²) >= 11 is 0. The summed E-state index contributed by atoms with van der Waals surface area (Å²) in [6.07, 6.45) is 3.17. The first kappa shape index (κ1) is 14.3. The third-order valence-electron chi connectivity index (χ3n) is 3.89. The highest BCUT2D eigenvalue weighted by Crippen LogP contribution is 2.20. The van der Waals surface area contributed by atoms with Gasteiger partial charge in [-0.15, -0.1) is 0 Å². The molecule has 0 saturated heterocycles. The SMILES string of the molecule is NC1CCC(NS(=O)(=O)c2ccc3[nH]c(=O)[nH]c3c2)CC1. The van der Waals surface area contributed by atoms with Crippen LogP contribution in [-0.4, -0.2) is 30.5 Å². The summed E-state index contributed by atoms with van der Waals surface area (Å²) in [7, 11) is -3.59. The van der Waals surface area contributed by atoms with E-state index in [-0.39, 0.29) is 22.7 Å². The molecule has 1 heterocycles. The normalized spacial score (nSPS) is 23.5. The van der Waals surface area contributed by atoms with Crippen LogP contribution in [0.15, 0.2) is 27.9 Å². The maximum absolute atomic E-state index is 12.4. The molecule has 0 radical (unpaired) electrons. The number of H-pyrrole nitrogens is 2. The van der Waals surface area contributed by atoms with Crippen molar-refractivity contribution in [3.05, 3.63) is 28.7 Å². The monoisotopic (exact) mass is 310 g/mol. The molecule has 2 aromatic rings. The minimum atomic E-state index is -3.59. The lowest BCUT2D eigenvalue weighted by Gasteiger charge is -2.26. The van der Waals surface area contributed by atoms with E-state index in [1.54, 1.807) is 6.07 Å². The molecule has 3 rings (SSSR count). The predicted octanol–water partition coefficient (Wildman–Crippen LogP) is 0.404. The van der Waals surface area contributed by atoms with Gasteiger partial charge in [-0.05, 0) is 43.9 Å². The van der Waals surface area contributed by atoms with Crippen LogP contribution in [0.4, 0.5) is 0 Å². The van der Waals surface area contributed by atoms with Gasteiger partial charge in [-0.3, -0.25) is 0 Å². The summed E-state index contributed by atoms with van der Waals surface area (Å²) in [4.78, 5) is 16.5. The Kier molecular flexibility index (Phi) is 3.60. The molecule has 1 fully saturated rings. The summed E-state index contributed by atoms with van der Waals surface area (Å²) in [5.41, 5.74) is 6.53. The van der Waals surface area contributed by atoms with Crippen LogP contribution in [0.25, 0.3) is 11.0 Å². The van der Waals surface area contributed by atoms with Crippen molar-refractivity contribution in [1.29, 1.82) is 0 Å². The van der Waals surface area contributed by atoms with E-state index < -0.39 is 10.0 Å². The lowest BCUT2D eigenvalue weighted by Crippen LogP contribution is -2.40. The fourth-order valence-corrected chi connectivity index (χ4v) is 4.03. The number of nitrogens with one attached hydrogen (secondary N) is 3. The molecule has 1 aliphatic rings. The van der Waals surface area contributed by atoms with Gasteiger partial charge in [-0.1, -0.05) is 0 Å². The summed E-state index contributed by atoms with van der Waals surface area (Å²) in [5, 5.41) is 0. The number of hydrogen-bond donors (Lipinski definition) is 4. The Hall–Kier alpha value is -1.64. The van der Waals surface area contributed by atoms with Gasteiger partial charge in [-0.25, -0.2) is 17.9 Å². The highest BCUT2D eigenvalue weighted by atomic mass is 32.2. The lowest BCUT2D eigenvalue weighted by atomic mass is 9.93. The first-order valence-electron chi connectivity index (χ1n) is 6.94. The fraction of sp³-hybridized carbons (Fsp3) is 0.462. The van der Waals surface area contributed by atoms with Gasteiger partial charge in [0.25, 0.3) is 0 Å². The average molecular weight is 310 g/mol. The van der Waals surface area contributed by atoms with E-state index in [9.17, 15) is 13.2 Å². The number of fused-ring (bicyclic) bond motifs is 1. The van der Waals surface area contributed by atoms with Crippen molar-refractivity contribution in [2.75, 3.05) is 0 Å². The minimum absolute atomic E-state index is 0.0734. The molecule has 114 valence electrons. The molecule has 0 spiro atoms. The van der Waals surface area contributed by atoms with Crippen LogP contribution in [0, 0.1) is 0 Å². The summed E-state index contributed by atoms with van der Waals surface area (Å²) in [6.45, 7) is 0. The quantitative estimate of drug-likeness (QED) is 0.656. The highest BCUT2D eigenvalue weighted by Gasteiger charge is 2.24. The van der Waals surface area contributed by atoms with Crippen LogP contribution in [0.1, 0.15) is 25.7 Å². The number of aromatic nitrogens is 2. The Morgan fingerprint density at radius 3 is 2.48 bits per heavy atom. The van der Waals surface area contributed by atoms with Gasteiger partial charge in [0, 0.05) is 12.1 Å². The van der Waals surface area contributed by atoms with Gasteiger partial charge in [0.05, 0.1) is 15.9 Å². The van der Waals surface area contributed by atoms with E-state index in [0.29, 0.717) is 11.0 Å². The lowest BCUT2D eigenvalue weighted by molar-refractivity contribution is 0.373. The Labute approximate surface area is 122 Å². The third kappa shape index (κ3) is 3.02. The molecule has 0 bridgehead atoms. The van der Waals surface area contributed by atoms with Crippen molar-refractivity contribution < 1.29 is 8.42 Å². The Morgan fingerprint density at radius 1 is 1.10 bits per heavy atom. The number of imidazole rings is 1. The topological polar surface area (TPSA) is 121 Å². The molecule has 1 aromatic heterocycles. The van der Waals surface area contributed by atoms with Crippen LogP contribution in [0.2, 0.25) is 0 Å². The van der Waals surface area contributed by atoms with Crippen molar-refractivity contribution in [1.82, 2.24) is 14.7 Å². The summed E-state index contributed by atoms with van der Waals surface area (Å²) in [5.74, 6) is 0. The van der Waals surface area contributed by atoms with E-state index in [1.165, 1.54) is 12.1 Å². The molecule has 1 saturated carbocycles. The zero-order chi connectivity index (χ0) is 15.0. The first-order valence-corrected chi connectivity index (χ1v) is 8.42. The van der Waals surface area contributed by atoms with Gasteiger partial charge >= 0.3 is 5.69 Å². The van der Waals surface area contributed by atoms with Crippen LogP contribution >= 0.6 is 0 Å². The zero-order valence-electron chi connectivity index (χ0n) is 11.4. The molecule has 7 nitrogen and oxygen atoms in total. The van der Waals surface area contributed by atoms with Crippen LogP contribution in [0.3, 0.4) is 0 Å². The van der Waals surface area contributed by atoms with Crippen molar-refractivity contribution in [2.45, 2.75) is 42.7 Å². The smallest absolute Gasteiger partial charge is 0.323 e. The van der Waals surface area contributed by atoms with Crippen LogP contribution in [0.5, 0.6) is 0 Å². The fourth-order valence-electron chi connectivity index (χ4n) is 2.70. The van der Waals surface area contributed by atoms with E-state index in [2.05, 4.69) is 14.7 Å². The standard InChI is InChI=1S/C13H18N4O3S/c14-8-1-3-9(4-2-8)17-21(19,20)10-5-6-11-12(7-10)16-13(18)15-11/h5-9,17H,1-4,14H2,(H2,15,16,18). The number of benzene rings is 1. The summed E-state index contributed by atoms with van der Waals surface area (Å²) < 4.78 is 27.5. The van der Waals surface area contributed by atoms with Gasteiger partial charge in [0.1, 0.15) is 0 Å². The van der Waals surface area contributed by atoms with Gasteiger partial charge in [0.2, 0.25) is 10.0 Å². The molecular weight excluding hydrogens is 292 g/mol. The maximum atomic E-state index is 12.4. The van der Waals surface area contributed by atoms with Gasteiger partial charge in [0.15, 0.2) is 0 Å². The summed E-state index contributed by atoms with van der Waals surface area (Å²) in [6, 6.07) is 4.63. The molecule has 1 aliphatic carbocycles. The second-order valence-corrected chi connectivity index (χ2v) is 7.23. The Balaban J connectivity index is 1.84. The maximum Gasteiger partial charge on any atom is 0.323 e. The molecule has 0 atom stereocenters. The number of aromatic amines is 2. The van der Waals surface area contributed by atoms with Crippen LogP contribution < -0.4 is 16.1 Å². The van der Waals surface area contributed by atoms with Crippen molar-refractivity contribution >= 4 is 21.1 Å². The van der Waals surface area contributed by atoms with Crippen LogP contribution in [-0.2, 0) is 10.0 Å². The number of hydrogen-bond acceptors (Lipinski definition) is 4. The van der Waals surface area contributed by atoms with E-state index in [0.717, 1.165) is 25.7 Å². The van der Waals surface area contributed by atoms with Crippen molar-refractivity contribution in [3.63, 3.8) is 0 Å². The Morgan fingerprint density at radius 2 is 1.76 bits per heavy atom. The van der Waals surface area contributed by atoms with Gasteiger partial charge < -0.3 is 15.7 Å². The molecule has 21 heavy (non-hydrogen) atoms. The molecule has 5 N–H and O–H groups in total. The average Bonchev–Trinajstić information content (AvgIpc) is 2.80. The molecule has 0 unspecified atom stereocenters. The third-order valence-corrected chi connectivity index (χ3v) is 5.41. The number of sulfonamides is 1. The number of nitrogens with two attached hydrogens (primary N) is 1. The Bertz CT molecular complexity index is 800. The highest BCUT2D eigenvalue weighted by molar-refractivity contribution is 7.89. The first-order chi connectivity index (χ1) is 9.94. The molecule has 0 aliphatic heterocycles. The van der Waals surface area contributed by atoms with Gasteiger partial charge in [-0.2, -0.15) is 0 Å². The second-order valence-electron chi connectivity index (χ2n) is 5.52. The zero-order valence-corrected chi connectivity index (χ0v) is 12.2. The van der Waals surface area contributed by atoms with E-state index >= 15 is 0 Å². The second kappa shape index (κ2) is 5.28. The molecule has 1 aromatic carbocycles. The van der Waals surface area contributed by atoms with E-state index in [1.807, 2.05) is 0 Å². The van der Waals surface area contributed by atoms with Crippen molar-refractivity contribution in [3.8, 4) is 0 Å². The van der Waals surface area contributed by atoms with E-state index in [4.69, 9.17) is 5.73 Å². The number of rotatable bonds is 3. The van der Waals surface area contributed by atoms with Crippen molar-refractivity contribution in [2.24, 2.45) is 5.73 Å². The predicted molar refractivity (Wildman–Crippen MR) is 79.5 cm³/mol. The largest absolute Gasteiger partial charge is 0.328 e.